The van der Waals surface area contributed by atoms with Crippen molar-refractivity contribution in [3.05, 3.63) is 29.3 Å². The molecule has 108 valence electrons. The number of benzene rings is 1. The third-order valence-corrected chi connectivity index (χ3v) is 4.39. The van der Waals surface area contributed by atoms with Gasteiger partial charge in [0.25, 0.3) is 0 Å². The van der Waals surface area contributed by atoms with E-state index < -0.39 is 0 Å². The molecule has 1 rings (SSSR count). The number of ether oxygens (including phenoxy) is 1. The summed E-state index contributed by atoms with van der Waals surface area (Å²) in [6, 6.07) is 6.57. The fourth-order valence-electron chi connectivity index (χ4n) is 1.68. The number of rotatable bonds is 9. The normalized spacial score (nSPS) is 12.6. The minimum absolute atomic E-state index is 0.257. The van der Waals surface area contributed by atoms with E-state index in [0.717, 1.165) is 25.4 Å². The fraction of sp³-hybridized carbons (Fsp3) is 0.600. The van der Waals surface area contributed by atoms with Gasteiger partial charge >= 0.3 is 0 Å². The van der Waals surface area contributed by atoms with Crippen molar-refractivity contribution in [3.8, 4) is 0 Å². The van der Waals surface area contributed by atoms with E-state index in [0.29, 0.717) is 5.92 Å². The summed E-state index contributed by atoms with van der Waals surface area (Å²) < 4.78 is 5.00. The minimum Gasteiger partial charge on any atom is -0.396 e. The van der Waals surface area contributed by atoms with E-state index in [-0.39, 0.29) is 6.61 Å². The summed E-state index contributed by atoms with van der Waals surface area (Å²) in [6.07, 6.45) is 0. The Balaban J connectivity index is 2.45. The first-order valence-electron chi connectivity index (χ1n) is 6.70. The highest BCUT2D eigenvalue weighted by Crippen LogP contribution is 2.25. The van der Waals surface area contributed by atoms with Crippen molar-refractivity contribution in [2.24, 2.45) is 5.92 Å². The number of nitrogens with one attached hydrogen (secondary N) is 1. The van der Waals surface area contributed by atoms with Gasteiger partial charge in [-0.05, 0) is 30.0 Å². The molecule has 0 aliphatic rings. The van der Waals surface area contributed by atoms with Crippen LogP contribution in [-0.4, -0.2) is 37.7 Å². The van der Waals surface area contributed by atoms with Gasteiger partial charge in [-0.1, -0.05) is 19.1 Å². The summed E-state index contributed by atoms with van der Waals surface area (Å²) in [5, 5.41) is 12.4. The maximum Gasteiger partial charge on any atom is 0.0587 e. The SMILES string of the molecule is COCCNCc1ccc(SCC(C)CO)c(C)c1. The molecule has 0 aliphatic heterocycles. The Labute approximate surface area is 120 Å². The zero-order chi connectivity index (χ0) is 14.1. The molecule has 1 aromatic rings. The van der Waals surface area contributed by atoms with Gasteiger partial charge in [0.15, 0.2) is 0 Å². The monoisotopic (exact) mass is 283 g/mol. The van der Waals surface area contributed by atoms with Crippen LogP contribution in [0.15, 0.2) is 23.1 Å². The van der Waals surface area contributed by atoms with Gasteiger partial charge in [-0.2, -0.15) is 0 Å². The van der Waals surface area contributed by atoms with Crippen molar-refractivity contribution >= 4 is 11.8 Å². The largest absolute Gasteiger partial charge is 0.396 e. The maximum atomic E-state index is 9.04. The Bertz CT molecular complexity index is 371. The zero-order valence-electron chi connectivity index (χ0n) is 12.1. The van der Waals surface area contributed by atoms with E-state index in [1.165, 1.54) is 16.0 Å². The van der Waals surface area contributed by atoms with Crippen LogP contribution in [0.2, 0.25) is 0 Å². The number of hydrogen-bond acceptors (Lipinski definition) is 4. The molecule has 3 nitrogen and oxygen atoms in total. The van der Waals surface area contributed by atoms with Crippen molar-refractivity contribution in [3.63, 3.8) is 0 Å². The Morgan fingerprint density at radius 2 is 2.21 bits per heavy atom. The average Bonchev–Trinajstić information content (AvgIpc) is 2.42. The zero-order valence-corrected chi connectivity index (χ0v) is 12.9. The molecule has 0 radical (unpaired) electrons. The lowest BCUT2D eigenvalue weighted by Crippen LogP contribution is -2.18. The van der Waals surface area contributed by atoms with Gasteiger partial charge in [-0.15, -0.1) is 11.8 Å². The molecule has 0 amide bonds. The molecule has 1 unspecified atom stereocenters. The molecule has 0 aliphatic carbocycles. The second-order valence-electron chi connectivity index (χ2n) is 4.87. The second kappa shape index (κ2) is 9.37. The van der Waals surface area contributed by atoms with E-state index in [1.54, 1.807) is 7.11 Å². The van der Waals surface area contributed by atoms with Crippen molar-refractivity contribution in [1.82, 2.24) is 5.32 Å². The Hall–Kier alpha value is -0.550. The number of thioether (sulfide) groups is 1. The predicted octanol–water partition coefficient (Wildman–Crippen LogP) is 2.45. The lowest BCUT2D eigenvalue weighted by molar-refractivity contribution is 0.199. The van der Waals surface area contributed by atoms with Gasteiger partial charge in [0.1, 0.15) is 0 Å². The van der Waals surface area contributed by atoms with Gasteiger partial charge in [0, 0.05) is 37.5 Å². The van der Waals surface area contributed by atoms with Gasteiger partial charge in [-0.25, -0.2) is 0 Å². The van der Waals surface area contributed by atoms with E-state index in [2.05, 4.69) is 37.4 Å². The molecule has 2 N–H and O–H groups in total. The fourth-order valence-corrected chi connectivity index (χ4v) is 2.70. The third-order valence-electron chi connectivity index (χ3n) is 2.89. The average molecular weight is 283 g/mol. The number of methoxy groups -OCH3 is 1. The van der Waals surface area contributed by atoms with Crippen molar-refractivity contribution in [1.29, 1.82) is 0 Å². The highest BCUT2D eigenvalue weighted by Gasteiger charge is 2.04. The van der Waals surface area contributed by atoms with E-state index in [4.69, 9.17) is 9.84 Å². The summed E-state index contributed by atoms with van der Waals surface area (Å²) in [7, 11) is 1.71. The van der Waals surface area contributed by atoms with Gasteiger partial charge < -0.3 is 15.2 Å². The third kappa shape index (κ3) is 6.43. The Kier molecular flexibility index (Phi) is 8.14. The molecule has 0 heterocycles. The summed E-state index contributed by atoms with van der Waals surface area (Å²) in [5.74, 6) is 1.31. The van der Waals surface area contributed by atoms with Crippen LogP contribution >= 0.6 is 11.8 Å². The first-order valence-corrected chi connectivity index (χ1v) is 7.68. The summed E-state index contributed by atoms with van der Waals surface area (Å²) >= 11 is 1.82. The molecular weight excluding hydrogens is 258 g/mol. The lowest BCUT2D eigenvalue weighted by Gasteiger charge is -2.11. The van der Waals surface area contributed by atoms with E-state index in [1.807, 2.05) is 11.8 Å². The molecule has 4 heteroatoms. The molecule has 0 fully saturated rings. The second-order valence-corrected chi connectivity index (χ2v) is 5.93. The number of aliphatic hydroxyl groups excluding tert-OH is 1. The summed E-state index contributed by atoms with van der Waals surface area (Å²) in [6.45, 7) is 6.96. The van der Waals surface area contributed by atoms with Gasteiger partial charge in [0.05, 0.1) is 6.61 Å². The molecule has 1 aromatic carbocycles. The number of aliphatic hydroxyl groups is 1. The van der Waals surface area contributed by atoms with Crippen molar-refractivity contribution in [2.45, 2.75) is 25.3 Å². The van der Waals surface area contributed by atoms with Crippen molar-refractivity contribution < 1.29 is 9.84 Å². The quantitative estimate of drug-likeness (QED) is 0.539. The van der Waals surface area contributed by atoms with E-state index >= 15 is 0 Å². The lowest BCUT2D eigenvalue weighted by atomic mass is 10.1. The van der Waals surface area contributed by atoms with Crippen LogP contribution < -0.4 is 5.32 Å². The van der Waals surface area contributed by atoms with Crippen LogP contribution in [0.1, 0.15) is 18.1 Å². The van der Waals surface area contributed by atoms with Crippen molar-refractivity contribution in [2.75, 3.05) is 32.6 Å². The smallest absolute Gasteiger partial charge is 0.0587 e. The molecule has 0 saturated heterocycles. The Morgan fingerprint density at radius 3 is 2.84 bits per heavy atom. The highest BCUT2D eigenvalue weighted by molar-refractivity contribution is 7.99. The molecule has 1 atom stereocenters. The molecule has 0 aromatic heterocycles. The summed E-state index contributed by atoms with van der Waals surface area (Å²) in [5.41, 5.74) is 2.61. The van der Waals surface area contributed by atoms with Crippen LogP contribution in [0.4, 0.5) is 0 Å². The Morgan fingerprint density at radius 1 is 1.42 bits per heavy atom. The van der Waals surface area contributed by atoms with Gasteiger partial charge in [0.2, 0.25) is 0 Å². The number of aryl methyl sites for hydroxylation is 1. The molecular formula is C15H25NO2S. The van der Waals surface area contributed by atoms with Crippen LogP contribution in [0.5, 0.6) is 0 Å². The molecule has 19 heavy (non-hydrogen) atoms. The maximum absolute atomic E-state index is 9.04. The van der Waals surface area contributed by atoms with Crippen LogP contribution in [0.25, 0.3) is 0 Å². The standard InChI is InChI=1S/C15H25NO2S/c1-12(10-17)11-19-15-5-4-14(8-13(15)2)9-16-6-7-18-3/h4-5,8,12,16-17H,6-7,9-11H2,1-3H3. The highest BCUT2D eigenvalue weighted by atomic mass is 32.2. The van der Waals surface area contributed by atoms with E-state index in [9.17, 15) is 0 Å². The number of hydrogen-bond donors (Lipinski definition) is 2. The van der Waals surface area contributed by atoms with Crippen LogP contribution in [-0.2, 0) is 11.3 Å². The van der Waals surface area contributed by atoms with Gasteiger partial charge in [-0.3, -0.25) is 0 Å². The topological polar surface area (TPSA) is 41.5 Å². The van der Waals surface area contributed by atoms with Crippen LogP contribution in [0, 0.1) is 12.8 Å². The molecule has 0 bridgehead atoms. The summed E-state index contributed by atoms with van der Waals surface area (Å²) in [4.78, 5) is 1.31. The van der Waals surface area contributed by atoms with Crippen LogP contribution in [0.3, 0.4) is 0 Å². The minimum atomic E-state index is 0.257. The predicted molar refractivity (Wildman–Crippen MR) is 81.7 cm³/mol. The first kappa shape index (κ1) is 16.5. The first-order chi connectivity index (χ1) is 9.17. The molecule has 0 saturated carbocycles. The molecule has 0 spiro atoms.